The smallest absolute Gasteiger partial charge is 0.0719 e. The molecule has 2 unspecified atom stereocenters. The molecule has 0 radical (unpaired) electrons. The normalized spacial score (nSPS) is 17.9. The van der Waals surface area contributed by atoms with Crippen molar-refractivity contribution < 1.29 is 0 Å². The maximum Gasteiger partial charge on any atom is 0.0719 e. The van der Waals surface area contributed by atoms with E-state index in [0.29, 0.717) is 0 Å². The van der Waals surface area contributed by atoms with Crippen molar-refractivity contribution >= 4 is 74.4 Å². The van der Waals surface area contributed by atoms with Gasteiger partial charge in [0.05, 0.1) is 15.8 Å². The molecule has 3 aliphatic carbocycles. The average Bonchev–Trinajstić information content (AvgIpc) is 3.97. The van der Waals surface area contributed by atoms with Crippen LogP contribution in [0.2, 0.25) is 0 Å². The molecule has 0 N–H and O–H groups in total. The molecular weight excluding hydrogens is 787 g/mol. The summed E-state index contributed by atoms with van der Waals surface area (Å²) in [7, 11) is 0. The number of allylic oxidation sites excluding steroid dienone is 3. The number of rotatable bonds is 4. The molecule has 0 saturated carbocycles. The highest BCUT2D eigenvalue weighted by Crippen LogP contribution is 2.62. The van der Waals surface area contributed by atoms with Gasteiger partial charge in [0.15, 0.2) is 0 Å². The first-order chi connectivity index (χ1) is 30.4. The molecule has 2 aromatic heterocycles. The Hall–Kier alpha value is -6.52. The highest BCUT2D eigenvalue weighted by molar-refractivity contribution is 7.26. The van der Waals surface area contributed by atoms with Crippen LogP contribution in [0.3, 0.4) is 0 Å². The van der Waals surface area contributed by atoms with E-state index in [9.17, 15) is 0 Å². The van der Waals surface area contributed by atoms with E-state index in [1.165, 1.54) is 107 Å². The minimum Gasteiger partial charge on any atom is -0.309 e. The number of nitrogens with zero attached hydrogens (tertiary/aromatic N) is 1. The maximum absolute atomic E-state index is 2.58. The largest absolute Gasteiger partial charge is 0.309 e. The number of thiophene rings is 2. The van der Waals surface area contributed by atoms with E-state index < -0.39 is 5.41 Å². The van der Waals surface area contributed by atoms with Crippen LogP contribution in [-0.2, 0) is 10.8 Å². The molecule has 1 nitrogen and oxygen atoms in total. The Kier molecular flexibility index (Phi) is 7.72. The van der Waals surface area contributed by atoms with Gasteiger partial charge in [0.1, 0.15) is 0 Å². The Bertz CT molecular complexity index is 3510. The summed E-state index contributed by atoms with van der Waals surface area (Å²) < 4.78 is 5.27. The molecule has 2 heterocycles. The van der Waals surface area contributed by atoms with Gasteiger partial charge in [-0.3, -0.25) is 0 Å². The van der Waals surface area contributed by atoms with E-state index in [4.69, 9.17) is 0 Å². The summed E-state index contributed by atoms with van der Waals surface area (Å²) in [6.45, 7) is 7.21. The predicted molar refractivity (Wildman–Crippen MR) is 266 cm³/mol. The second-order valence-electron chi connectivity index (χ2n) is 18.0. The molecule has 10 aromatic rings. The van der Waals surface area contributed by atoms with Crippen LogP contribution < -0.4 is 4.90 Å². The zero-order valence-electron chi connectivity index (χ0n) is 34.9. The summed E-state index contributed by atoms with van der Waals surface area (Å²) in [5.41, 5.74) is 15.6. The number of hydrogen-bond acceptors (Lipinski definition) is 3. The fourth-order valence-corrected chi connectivity index (χ4v) is 14.0. The monoisotopic (exact) mass is 829 g/mol. The summed E-state index contributed by atoms with van der Waals surface area (Å²) in [6, 6.07) is 66.7. The van der Waals surface area contributed by atoms with Crippen molar-refractivity contribution in [3.8, 4) is 11.1 Å². The molecule has 0 amide bonds. The fraction of sp³-hybridized carbons (Fsp3) is 0.119. The molecular formula is C59H43NS2. The van der Waals surface area contributed by atoms with E-state index in [1.807, 2.05) is 22.7 Å². The third kappa shape index (κ3) is 4.89. The Morgan fingerprint density at radius 2 is 1.08 bits per heavy atom. The summed E-state index contributed by atoms with van der Waals surface area (Å²) in [5.74, 6) is 0.456. The molecule has 0 aliphatic heterocycles. The Labute approximate surface area is 370 Å². The summed E-state index contributed by atoms with van der Waals surface area (Å²) in [6.07, 6.45) is 7.41. The van der Waals surface area contributed by atoms with E-state index in [-0.39, 0.29) is 17.3 Å². The van der Waals surface area contributed by atoms with Gasteiger partial charge >= 0.3 is 0 Å². The van der Waals surface area contributed by atoms with E-state index in [1.54, 1.807) is 0 Å². The first-order valence-electron chi connectivity index (χ1n) is 21.9. The van der Waals surface area contributed by atoms with Gasteiger partial charge in [-0.2, -0.15) is 0 Å². The Morgan fingerprint density at radius 3 is 1.82 bits per heavy atom. The van der Waals surface area contributed by atoms with Crippen molar-refractivity contribution in [2.24, 2.45) is 5.92 Å². The molecule has 13 rings (SSSR count). The number of anilines is 2. The molecule has 3 heteroatoms. The van der Waals surface area contributed by atoms with E-state index >= 15 is 0 Å². The van der Waals surface area contributed by atoms with Crippen molar-refractivity contribution in [2.75, 3.05) is 4.90 Å². The van der Waals surface area contributed by atoms with Crippen LogP contribution in [0.4, 0.5) is 11.4 Å². The SMILES string of the molecule is CC1C=C(N(c2ccc3c(c2)sc2ccccc23)c2cccc3c2sc2ccccc23)C=CC1c1ccc2c(c1)C1(c3ccccc3-2)c2ccccc2C(C)(C)c2ccccc21. The van der Waals surface area contributed by atoms with Gasteiger partial charge in [0.2, 0.25) is 0 Å². The van der Waals surface area contributed by atoms with Gasteiger partial charge in [-0.05, 0) is 92.4 Å². The number of hydrogen-bond donors (Lipinski definition) is 0. The van der Waals surface area contributed by atoms with Gasteiger partial charge in [0.25, 0.3) is 0 Å². The fourth-order valence-electron chi connectivity index (χ4n) is 11.6. The zero-order valence-corrected chi connectivity index (χ0v) is 36.5. The van der Waals surface area contributed by atoms with Crippen molar-refractivity contribution in [2.45, 2.75) is 37.5 Å². The first-order valence-corrected chi connectivity index (χ1v) is 23.5. The summed E-state index contributed by atoms with van der Waals surface area (Å²) in [5, 5.41) is 5.27. The van der Waals surface area contributed by atoms with Gasteiger partial charge in [0, 0.05) is 58.4 Å². The topological polar surface area (TPSA) is 3.24 Å². The molecule has 2 atom stereocenters. The second kappa shape index (κ2) is 13.2. The van der Waals surface area contributed by atoms with Gasteiger partial charge < -0.3 is 4.90 Å². The number of benzene rings is 8. The Balaban J connectivity index is 0.966. The van der Waals surface area contributed by atoms with Gasteiger partial charge in [-0.15, -0.1) is 22.7 Å². The zero-order chi connectivity index (χ0) is 41.3. The van der Waals surface area contributed by atoms with Crippen molar-refractivity contribution in [3.05, 3.63) is 239 Å². The first kappa shape index (κ1) is 36.2. The predicted octanol–water partition coefficient (Wildman–Crippen LogP) is 16.4. The van der Waals surface area contributed by atoms with Crippen LogP contribution in [0.15, 0.2) is 200 Å². The van der Waals surface area contributed by atoms with E-state index in [2.05, 4.69) is 220 Å². The molecule has 1 spiro atoms. The lowest BCUT2D eigenvalue weighted by atomic mass is 9.55. The van der Waals surface area contributed by atoms with Gasteiger partial charge in [-0.1, -0.05) is 179 Å². The molecule has 296 valence electrons. The van der Waals surface area contributed by atoms with Crippen molar-refractivity contribution in [1.82, 2.24) is 0 Å². The Morgan fingerprint density at radius 1 is 0.484 bits per heavy atom. The van der Waals surface area contributed by atoms with Crippen molar-refractivity contribution in [1.29, 1.82) is 0 Å². The van der Waals surface area contributed by atoms with Crippen LogP contribution in [0, 0.1) is 5.92 Å². The second-order valence-corrected chi connectivity index (χ2v) is 20.2. The summed E-state index contributed by atoms with van der Waals surface area (Å²) in [4.78, 5) is 2.52. The minimum absolute atomic E-state index is 0.122. The lowest BCUT2D eigenvalue weighted by molar-refractivity contribution is 0.562. The molecule has 0 saturated heterocycles. The lowest BCUT2D eigenvalue weighted by Crippen LogP contribution is -2.40. The molecule has 3 aliphatic rings. The van der Waals surface area contributed by atoms with Crippen LogP contribution in [0.25, 0.3) is 51.5 Å². The highest BCUT2D eigenvalue weighted by Gasteiger charge is 2.53. The van der Waals surface area contributed by atoms with Crippen LogP contribution in [-0.4, -0.2) is 0 Å². The molecule has 0 bridgehead atoms. The lowest BCUT2D eigenvalue weighted by Gasteiger charge is -2.46. The molecule has 0 fully saturated rings. The average molecular weight is 830 g/mol. The molecule has 8 aromatic carbocycles. The minimum atomic E-state index is -0.405. The summed E-state index contributed by atoms with van der Waals surface area (Å²) >= 11 is 3.78. The van der Waals surface area contributed by atoms with Gasteiger partial charge in [-0.25, -0.2) is 0 Å². The molecule has 62 heavy (non-hydrogen) atoms. The highest BCUT2D eigenvalue weighted by atomic mass is 32.1. The quantitative estimate of drug-likeness (QED) is 0.171. The van der Waals surface area contributed by atoms with Crippen molar-refractivity contribution in [3.63, 3.8) is 0 Å². The van der Waals surface area contributed by atoms with Crippen LogP contribution in [0.1, 0.15) is 65.6 Å². The van der Waals surface area contributed by atoms with E-state index in [0.717, 1.165) is 0 Å². The third-order valence-electron chi connectivity index (χ3n) is 14.4. The standard InChI is InChI=1S/C59H43NS2/c1-36-33-38(60(39-29-32-45-43-16-5-12-25-54(43)61-56(45)35-39)53-24-14-18-46-44-17-6-13-26-55(44)62-57(46)53)28-31-40(36)37-27-30-42-41-15-4-7-19-47(41)59(52(42)34-37)50-22-10-8-20-48(50)58(2,3)49-21-9-11-23-51(49)59/h4-36,40H,1-3H3. The number of fused-ring (bicyclic) bond motifs is 15. The van der Waals surface area contributed by atoms with Crippen LogP contribution >= 0.6 is 22.7 Å². The maximum atomic E-state index is 2.58. The third-order valence-corrected chi connectivity index (χ3v) is 16.8. The van der Waals surface area contributed by atoms with Crippen LogP contribution in [0.5, 0.6) is 0 Å².